The van der Waals surface area contributed by atoms with E-state index in [-0.39, 0.29) is 16.8 Å². The largest absolute Gasteiger partial charge is 0.411 e. The number of halogens is 4. The maximum Gasteiger partial charge on any atom is 0.411 e. The fourth-order valence-electron chi connectivity index (χ4n) is 1.07. The van der Waals surface area contributed by atoms with E-state index < -0.39 is 17.7 Å². The van der Waals surface area contributed by atoms with Crippen LogP contribution in [0.4, 0.5) is 18.9 Å². The van der Waals surface area contributed by atoms with Crippen molar-refractivity contribution in [2.45, 2.75) is 12.8 Å². The van der Waals surface area contributed by atoms with Crippen LogP contribution in [0.1, 0.15) is 5.56 Å². The first-order valence-electron chi connectivity index (χ1n) is 4.37. The average molecular weight is 314 g/mol. The molecule has 0 saturated heterocycles. The molecule has 4 nitrogen and oxygen atoms in total. The third kappa shape index (κ3) is 4.70. The number of alkyl halides is 3. The third-order valence-electron chi connectivity index (χ3n) is 1.74. The van der Waals surface area contributed by atoms with Gasteiger partial charge in [-0.25, -0.2) is 0 Å². The number of nitro groups is 1. The zero-order chi connectivity index (χ0) is 13.1. The van der Waals surface area contributed by atoms with Crippen molar-refractivity contribution >= 4 is 21.6 Å². The van der Waals surface area contributed by atoms with Gasteiger partial charge < -0.3 is 4.74 Å². The first kappa shape index (κ1) is 13.9. The molecule has 17 heavy (non-hydrogen) atoms. The van der Waals surface area contributed by atoms with Crippen LogP contribution in [0.2, 0.25) is 0 Å². The fourth-order valence-corrected chi connectivity index (χ4v) is 1.46. The van der Waals surface area contributed by atoms with Crippen molar-refractivity contribution in [3.8, 4) is 0 Å². The maximum absolute atomic E-state index is 11.8. The van der Waals surface area contributed by atoms with Crippen LogP contribution in [0.3, 0.4) is 0 Å². The van der Waals surface area contributed by atoms with Crippen molar-refractivity contribution in [2.75, 3.05) is 6.61 Å². The number of nitrogens with zero attached hydrogens (tertiary/aromatic N) is 1. The molecule has 0 spiro atoms. The zero-order valence-electron chi connectivity index (χ0n) is 8.33. The van der Waals surface area contributed by atoms with Gasteiger partial charge in [0.05, 0.1) is 16.0 Å². The molecule has 0 bridgehead atoms. The lowest BCUT2D eigenvalue weighted by Crippen LogP contribution is -2.16. The van der Waals surface area contributed by atoms with E-state index in [4.69, 9.17) is 0 Å². The highest BCUT2D eigenvalue weighted by atomic mass is 79.9. The summed E-state index contributed by atoms with van der Waals surface area (Å²) < 4.78 is 40.0. The van der Waals surface area contributed by atoms with E-state index in [0.29, 0.717) is 5.56 Å². The number of nitro benzene ring substituents is 1. The molecule has 1 rings (SSSR count). The molecule has 8 heteroatoms. The molecule has 0 atom stereocenters. The van der Waals surface area contributed by atoms with Crippen LogP contribution in [0, 0.1) is 10.1 Å². The quantitative estimate of drug-likeness (QED) is 0.632. The van der Waals surface area contributed by atoms with Crippen LogP contribution in [0.25, 0.3) is 0 Å². The van der Waals surface area contributed by atoms with Gasteiger partial charge in [-0.3, -0.25) is 10.1 Å². The minimum Gasteiger partial charge on any atom is -0.367 e. The molecule has 0 saturated carbocycles. The van der Waals surface area contributed by atoms with Gasteiger partial charge in [-0.1, -0.05) is 6.07 Å². The van der Waals surface area contributed by atoms with E-state index in [1.807, 2.05) is 0 Å². The molecule has 0 aliphatic heterocycles. The molecule has 0 aliphatic rings. The number of hydrogen-bond acceptors (Lipinski definition) is 3. The second-order valence-corrected chi connectivity index (χ2v) is 4.01. The Morgan fingerprint density at radius 2 is 2.06 bits per heavy atom. The number of rotatable bonds is 4. The van der Waals surface area contributed by atoms with Gasteiger partial charge in [0.15, 0.2) is 0 Å². The summed E-state index contributed by atoms with van der Waals surface area (Å²) in [5.74, 6) is 0. The standard InChI is InChI=1S/C9H7BrF3NO3/c10-7-2-1-6(3-8(7)14(15)16)4-17-5-9(11,12)13/h1-3H,4-5H2. The van der Waals surface area contributed by atoms with Crippen LogP contribution in [0.5, 0.6) is 0 Å². The van der Waals surface area contributed by atoms with Crippen LogP contribution in [-0.2, 0) is 11.3 Å². The molecular formula is C9H7BrF3NO3. The maximum atomic E-state index is 11.8. The van der Waals surface area contributed by atoms with Gasteiger partial charge in [0.2, 0.25) is 0 Å². The Labute approximate surface area is 103 Å². The van der Waals surface area contributed by atoms with Crippen LogP contribution in [0.15, 0.2) is 22.7 Å². The molecular weight excluding hydrogens is 307 g/mol. The van der Waals surface area contributed by atoms with E-state index in [9.17, 15) is 23.3 Å². The highest BCUT2D eigenvalue weighted by Gasteiger charge is 2.27. The van der Waals surface area contributed by atoms with Crippen molar-refractivity contribution in [1.29, 1.82) is 0 Å². The second kappa shape index (κ2) is 5.46. The van der Waals surface area contributed by atoms with Gasteiger partial charge in [0.25, 0.3) is 5.69 Å². The van der Waals surface area contributed by atoms with Crippen molar-refractivity contribution in [2.24, 2.45) is 0 Å². The number of benzene rings is 1. The second-order valence-electron chi connectivity index (χ2n) is 3.15. The van der Waals surface area contributed by atoms with Crippen molar-refractivity contribution in [3.05, 3.63) is 38.3 Å². The van der Waals surface area contributed by atoms with Crippen molar-refractivity contribution in [3.63, 3.8) is 0 Å². The third-order valence-corrected chi connectivity index (χ3v) is 2.41. The predicted octanol–water partition coefficient (Wildman–Crippen LogP) is 3.44. The van der Waals surface area contributed by atoms with Crippen LogP contribution in [-0.4, -0.2) is 17.7 Å². The summed E-state index contributed by atoms with van der Waals surface area (Å²) in [6.07, 6.45) is -4.40. The van der Waals surface area contributed by atoms with E-state index in [0.717, 1.165) is 0 Å². The minimum atomic E-state index is -4.40. The van der Waals surface area contributed by atoms with Gasteiger partial charge in [-0.05, 0) is 27.6 Å². The summed E-state index contributed by atoms with van der Waals surface area (Å²) in [7, 11) is 0. The molecule has 0 aliphatic carbocycles. The van der Waals surface area contributed by atoms with E-state index in [2.05, 4.69) is 20.7 Å². The van der Waals surface area contributed by atoms with E-state index >= 15 is 0 Å². The molecule has 0 heterocycles. The highest BCUT2D eigenvalue weighted by Crippen LogP contribution is 2.26. The highest BCUT2D eigenvalue weighted by molar-refractivity contribution is 9.10. The first-order chi connectivity index (χ1) is 7.79. The first-order valence-corrected chi connectivity index (χ1v) is 5.16. The van der Waals surface area contributed by atoms with Crippen LogP contribution < -0.4 is 0 Å². The minimum absolute atomic E-state index is 0.210. The summed E-state index contributed by atoms with van der Waals surface area (Å²) >= 11 is 2.97. The molecule has 1 aromatic carbocycles. The lowest BCUT2D eigenvalue weighted by atomic mass is 10.2. The van der Waals surface area contributed by atoms with Gasteiger partial charge in [-0.2, -0.15) is 13.2 Å². The summed E-state index contributed by atoms with van der Waals surface area (Å²) in [6, 6.07) is 4.01. The molecule has 1 aromatic rings. The molecule has 0 amide bonds. The Morgan fingerprint density at radius 1 is 1.41 bits per heavy atom. The van der Waals surface area contributed by atoms with E-state index in [1.54, 1.807) is 0 Å². The Balaban J connectivity index is 2.67. The molecule has 94 valence electrons. The summed E-state index contributed by atoms with van der Waals surface area (Å²) in [5.41, 5.74) is 0.0993. The average Bonchev–Trinajstić information content (AvgIpc) is 2.18. The normalized spacial score (nSPS) is 11.5. The SMILES string of the molecule is O=[N+]([O-])c1cc(COCC(F)(F)F)ccc1Br. The van der Waals surface area contributed by atoms with Crippen molar-refractivity contribution in [1.82, 2.24) is 0 Å². The number of hydrogen-bond donors (Lipinski definition) is 0. The molecule has 0 radical (unpaired) electrons. The molecule has 0 N–H and O–H groups in total. The topological polar surface area (TPSA) is 52.4 Å². The lowest BCUT2D eigenvalue weighted by molar-refractivity contribution is -0.385. The van der Waals surface area contributed by atoms with Crippen LogP contribution >= 0.6 is 15.9 Å². The predicted molar refractivity (Wildman–Crippen MR) is 56.5 cm³/mol. The zero-order valence-corrected chi connectivity index (χ0v) is 9.92. The molecule has 0 unspecified atom stereocenters. The fraction of sp³-hybridized carbons (Fsp3) is 0.333. The lowest BCUT2D eigenvalue weighted by Gasteiger charge is -2.07. The smallest absolute Gasteiger partial charge is 0.367 e. The van der Waals surface area contributed by atoms with Gasteiger partial charge in [0.1, 0.15) is 6.61 Å². The van der Waals surface area contributed by atoms with Crippen molar-refractivity contribution < 1.29 is 22.8 Å². The Hall–Kier alpha value is -1.15. The summed E-state index contributed by atoms with van der Waals surface area (Å²) in [4.78, 5) is 9.93. The summed E-state index contributed by atoms with van der Waals surface area (Å²) in [5, 5.41) is 10.6. The molecule has 0 fully saturated rings. The molecule has 0 aromatic heterocycles. The number of ether oxygens (including phenoxy) is 1. The van der Waals surface area contributed by atoms with Gasteiger partial charge in [0, 0.05) is 6.07 Å². The van der Waals surface area contributed by atoms with Gasteiger partial charge >= 0.3 is 6.18 Å². The monoisotopic (exact) mass is 313 g/mol. The van der Waals surface area contributed by atoms with E-state index in [1.165, 1.54) is 18.2 Å². The Kier molecular flexibility index (Phi) is 4.47. The Morgan fingerprint density at radius 3 is 2.59 bits per heavy atom. The Bertz CT molecular complexity index is 422. The summed E-state index contributed by atoms with van der Waals surface area (Å²) in [6.45, 7) is -1.70. The van der Waals surface area contributed by atoms with Gasteiger partial charge in [-0.15, -0.1) is 0 Å².